The third-order valence-electron chi connectivity index (χ3n) is 2.99. The first kappa shape index (κ1) is 12.8. The lowest BCUT2D eigenvalue weighted by atomic mass is 9.97. The van der Waals surface area contributed by atoms with Gasteiger partial charge in [-0.3, -0.25) is 14.4 Å². The molecule has 6 nitrogen and oxygen atoms in total. The molecule has 2 amide bonds. The first-order valence-corrected chi connectivity index (χ1v) is 6.49. The molecule has 0 aliphatic carbocycles. The molecule has 2 N–H and O–H groups in total. The van der Waals surface area contributed by atoms with Crippen LogP contribution in [0.2, 0.25) is 0 Å². The lowest BCUT2D eigenvalue weighted by Gasteiger charge is -2.41. The average molecular weight is 269 g/mol. The van der Waals surface area contributed by atoms with E-state index in [9.17, 15) is 14.4 Å². The molecule has 0 saturated carbocycles. The Bertz CT molecular complexity index is 546. The van der Waals surface area contributed by atoms with Crippen molar-refractivity contribution in [3.05, 3.63) is 20.7 Å². The topological polar surface area (TPSA) is 82.3 Å². The lowest BCUT2D eigenvalue weighted by Crippen LogP contribution is -2.67. The van der Waals surface area contributed by atoms with E-state index in [0.717, 1.165) is 11.3 Å². The van der Waals surface area contributed by atoms with E-state index < -0.39 is 11.6 Å². The molecule has 1 aromatic heterocycles. The molecule has 1 unspecified atom stereocenters. The predicted octanol–water partition coefficient (Wildman–Crippen LogP) is 0.0619. The average Bonchev–Trinajstić information content (AvgIpc) is 2.67. The van der Waals surface area contributed by atoms with Crippen LogP contribution in [0.1, 0.15) is 26.5 Å². The van der Waals surface area contributed by atoms with Gasteiger partial charge in [0.05, 0.1) is 6.54 Å². The highest BCUT2D eigenvalue weighted by Gasteiger charge is 2.43. The Kier molecular flexibility index (Phi) is 3.02. The molecule has 1 aromatic rings. The molecule has 1 aliphatic heterocycles. The number of carbonyl (C=O) groups excluding carboxylic acids is 2. The van der Waals surface area contributed by atoms with Gasteiger partial charge < -0.3 is 15.2 Å². The molecule has 1 fully saturated rings. The van der Waals surface area contributed by atoms with E-state index in [0.29, 0.717) is 5.69 Å². The number of nitrogens with one attached hydrogen (secondary N) is 2. The summed E-state index contributed by atoms with van der Waals surface area (Å²) in [6, 6.07) is -0.533. The van der Waals surface area contributed by atoms with Gasteiger partial charge in [-0.05, 0) is 20.8 Å². The van der Waals surface area contributed by atoms with Crippen LogP contribution in [-0.2, 0) is 16.1 Å². The predicted molar refractivity (Wildman–Crippen MR) is 67.2 cm³/mol. The maximum Gasteiger partial charge on any atom is 0.304 e. The van der Waals surface area contributed by atoms with E-state index in [1.165, 1.54) is 4.90 Å². The zero-order chi connectivity index (χ0) is 13.5. The Morgan fingerprint density at radius 2 is 2.06 bits per heavy atom. The van der Waals surface area contributed by atoms with Crippen molar-refractivity contribution in [3.63, 3.8) is 0 Å². The molecule has 0 aromatic carbocycles. The summed E-state index contributed by atoms with van der Waals surface area (Å²) in [5, 5.41) is 4.35. The van der Waals surface area contributed by atoms with Crippen LogP contribution >= 0.6 is 11.3 Å². The molecule has 18 heavy (non-hydrogen) atoms. The Morgan fingerprint density at radius 1 is 1.39 bits per heavy atom. The molecule has 1 atom stereocenters. The third kappa shape index (κ3) is 2.17. The van der Waals surface area contributed by atoms with Gasteiger partial charge in [0, 0.05) is 11.1 Å². The van der Waals surface area contributed by atoms with Gasteiger partial charge in [-0.1, -0.05) is 11.3 Å². The van der Waals surface area contributed by atoms with Crippen LogP contribution < -0.4 is 10.2 Å². The molecule has 2 heterocycles. The first-order valence-electron chi connectivity index (χ1n) is 5.61. The number of aromatic amines is 1. The largest absolute Gasteiger partial charge is 0.340 e. The fourth-order valence-electron chi connectivity index (χ4n) is 1.93. The van der Waals surface area contributed by atoms with Crippen molar-refractivity contribution in [1.29, 1.82) is 0 Å². The van der Waals surface area contributed by atoms with E-state index >= 15 is 0 Å². The fraction of sp³-hybridized carbons (Fsp3) is 0.545. The van der Waals surface area contributed by atoms with Crippen LogP contribution in [0.15, 0.2) is 10.2 Å². The van der Waals surface area contributed by atoms with Crippen LogP contribution in [0.4, 0.5) is 0 Å². The molecule has 2 rings (SSSR count). The summed E-state index contributed by atoms with van der Waals surface area (Å²) in [7, 11) is 0. The summed E-state index contributed by atoms with van der Waals surface area (Å²) < 4.78 is 0. The molecule has 1 saturated heterocycles. The van der Waals surface area contributed by atoms with E-state index in [4.69, 9.17) is 0 Å². The van der Waals surface area contributed by atoms with Gasteiger partial charge in [-0.25, -0.2) is 0 Å². The van der Waals surface area contributed by atoms with E-state index in [2.05, 4.69) is 10.3 Å². The summed E-state index contributed by atoms with van der Waals surface area (Å²) in [5.41, 5.74) is -0.254. The summed E-state index contributed by atoms with van der Waals surface area (Å²) in [6.45, 7) is 5.26. The molecule has 0 bridgehead atoms. The van der Waals surface area contributed by atoms with E-state index in [1.807, 2.05) is 0 Å². The van der Waals surface area contributed by atoms with Crippen LogP contribution in [0, 0.1) is 0 Å². The second-order valence-corrected chi connectivity index (χ2v) is 5.74. The number of rotatable bonds is 2. The van der Waals surface area contributed by atoms with Crippen molar-refractivity contribution < 1.29 is 9.59 Å². The maximum absolute atomic E-state index is 12.2. The van der Waals surface area contributed by atoms with Gasteiger partial charge >= 0.3 is 4.87 Å². The summed E-state index contributed by atoms with van der Waals surface area (Å²) in [5.74, 6) is -0.334. The van der Waals surface area contributed by atoms with Crippen LogP contribution in [0.5, 0.6) is 0 Å². The van der Waals surface area contributed by atoms with Gasteiger partial charge in [0.15, 0.2) is 0 Å². The highest BCUT2D eigenvalue weighted by Crippen LogP contribution is 2.19. The van der Waals surface area contributed by atoms with Crippen molar-refractivity contribution in [2.24, 2.45) is 0 Å². The molecular formula is C11H15N3O3S. The van der Waals surface area contributed by atoms with Crippen molar-refractivity contribution in [3.8, 4) is 0 Å². The number of hydrogen-bond acceptors (Lipinski definition) is 4. The minimum Gasteiger partial charge on any atom is -0.340 e. The first-order chi connectivity index (χ1) is 8.31. The smallest absolute Gasteiger partial charge is 0.304 e. The maximum atomic E-state index is 12.2. The van der Waals surface area contributed by atoms with Crippen LogP contribution in [0.3, 0.4) is 0 Å². The lowest BCUT2D eigenvalue weighted by molar-refractivity contribution is -0.153. The molecular weight excluding hydrogens is 254 g/mol. The molecule has 1 aliphatic rings. The number of aromatic nitrogens is 1. The quantitative estimate of drug-likeness (QED) is 0.796. The zero-order valence-corrected chi connectivity index (χ0v) is 11.3. The van der Waals surface area contributed by atoms with Crippen molar-refractivity contribution in [2.45, 2.75) is 38.9 Å². The number of H-pyrrole nitrogens is 1. The van der Waals surface area contributed by atoms with Crippen molar-refractivity contribution >= 4 is 23.2 Å². The number of thiazole rings is 1. The van der Waals surface area contributed by atoms with Crippen molar-refractivity contribution in [1.82, 2.24) is 15.2 Å². The Labute approximate surface area is 108 Å². The Balaban J connectivity index is 2.26. The summed E-state index contributed by atoms with van der Waals surface area (Å²) in [6.07, 6.45) is 0. The van der Waals surface area contributed by atoms with Gasteiger partial charge in [0.2, 0.25) is 11.8 Å². The number of carbonyl (C=O) groups is 2. The number of hydrogen-bond donors (Lipinski definition) is 2. The summed E-state index contributed by atoms with van der Waals surface area (Å²) >= 11 is 1.05. The monoisotopic (exact) mass is 269 g/mol. The van der Waals surface area contributed by atoms with Crippen molar-refractivity contribution in [2.75, 3.05) is 0 Å². The van der Waals surface area contributed by atoms with Crippen LogP contribution in [0.25, 0.3) is 0 Å². The normalized spacial score (nSPS) is 23.1. The van der Waals surface area contributed by atoms with E-state index in [1.54, 1.807) is 26.2 Å². The van der Waals surface area contributed by atoms with Gasteiger partial charge in [0.1, 0.15) is 11.6 Å². The third-order valence-corrected chi connectivity index (χ3v) is 3.71. The molecule has 0 radical (unpaired) electrons. The number of amides is 2. The highest BCUT2D eigenvalue weighted by atomic mass is 32.1. The number of piperazine rings is 1. The standard InChI is InChI=1S/C11H15N3O3S/c1-6-8(15)13-11(2,3)9(16)14(6)4-7-5-18-10(17)12-7/h5-6H,4H2,1-3H3,(H,12,17)(H,13,15). The minimum atomic E-state index is -0.903. The molecule has 98 valence electrons. The Morgan fingerprint density at radius 3 is 2.61 bits per heavy atom. The van der Waals surface area contributed by atoms with Gasteiger partial charge in [-0.15, -0.1) is 0 Å². The van der Waals surface area contributed by atoms with E-state index in [-0.39, 0.29) is 23.2 Å². The van der Waals surface area contributed by atoms with Gasteiger partial charge in [0.25, 0.3) is 0 Å². The summed E-state index contributed by atoms with van der Waals surface area (Å²) in [4.78, 5) is 39.1. The number of nitrogens with zero attached hydrogens (tertiary/aromatic N) is 1. The van der Waals surface area contributed by atoms with Crippen LogP contribution in [-0.4, -0.2) is 33.3 Å². The molecule has 0 spiro atoms. The van der Waals surface area contributed by atoms with Gasteiger partial charge in [-0.2, -0.15) is 0 Å². The second kappa shape index (κ2) is 4.24. The second-order valence-electron chi connectivity index (χ2n) is 4.90. The highest BCUT2D eigenvalue weighted by molar-refractivity contribution is 7.07. The SMILES string of the molecule is CC1C(=O)NC(C)(C)C(=O)N1Cc1csc(=O)[nH]1. The molecule has 7 heteroatoms. The minimum absolute atomic E-state index is 0.151. The zero-order valence-electron chi connectivity index (χ0n) is 10.4. The fourth-order valence-corrected chi connectivity index (χ4v) is 2.50. The Hall–Kier alpha value is -1.63.